The summed E-state index contributed by atoms with van der Waals surface area (Å²) in [6.45, 7) is 0.178. The molecule has 0 aromatic heterocycles. The maximum absolute atomic E-state index is 11.3. The number of ketones is 1. The molecule has 0 saturated heterocycles. The number of carbonyl (C=O) groups is 1. The number of aliphatic hydroxyl groups excluding tert-OH is 3. The van der Waals surface area contributed by atoms with Crippen LogP contribution in [0.4, 0.5) is 0 Å². The molecule has 5 aromatic rings. The van der Waals surface area contributed by atoms with Crippen molar-refractivity contribution in [2.75, 3.05) is 46.0 Å². The zero-order valence-corrected chi connectivity index (χ0v) is 38.8. The number of carbonyl (C=O) groups excluding carboxylic acids is 1. The molecular weight excluding hydrogens is 892 g/mol. The van der Waals surface area contributed by atoms with Crippen molar-refractivity contribution in [2.24, 2.45) is 0 Å². The van der Waals surface area contributed by atoms with Crippen LogP contribution in [0.25, 0.3) is 18.2 Å². The monoisotopic (exact) mass is 948 g/mol. The van der Waals surface area contributed by atoms with Gasteiger partial charge in [-0.3, -0.25) is 4.79 Å². The van der Waals surface area contributed by atoms with Crippen molar-refractivity contribution < 1.29 is 59.5 Å². The Morgan fingerprint density at radius 2 is 1.12 bits per heavy atom. The number of benzene rings is 5. The van der Waals surface area contributed by atoms with E-state index in [1.54, 1.807) is 17.8 Å². The summed E-state index contributed by atoms with van der Waals surface area (Å²) in [7, 11) is 4.52. The number of phenols is 4. The van der Waals surface area contributed by atoms with E-state index in [1.807, 2.05) is 127 Å². The van der Waals surface area contributed by atoms with Gasteiger partial charge in [0, 0.05) is 51.7 Å². The Morgan fingerprint density at radius 1 is 0.627 bits per heavy atom. The third-order valence-electron chi connectivity index (χ3n) is 9.25. The molecule has 2 unspecified atom stereocenters. The molecule has 0 saturated carbocycles. The van der Waals surface area contributed by atoms with E-state index in [-0.39, 0.29) is 60.2 Å². The Hall–Kier alpha value is -6.91. The SMILES string of the molecule is COC1=CC(=O)C(O)=C/C1=C/C=C/c1ccccc1.COc1cc(O)c(O)cc1/C=C/C(SCCO)c1ccccc1.COc1cc(O)c(O)cc1C(/C=C/c1ccccc1)SCCO.[3H]B=O. The Bertz CT molecular complexity index is 2510. The number of methoxy groups -OCH3 is 3. The Kier molecular flexibility index (Phi) is 23.9. The summed E-state index contributed by atoms with van der Waals surface area (Å²) >= 11 is 3.15. The first kappa shape index (κ1) is 52.7. The van der Waals surface area contributed by atoms with Gasteiger partial charge < -0.3 is 50.0 Å². The summed E-state index contributed by atoms with van der Waals surface area (Å²) in [5.41, 5.74) is 5.34. The van der Waals surface area contributed by atoms with Gasteiger partial charge in [0.2, 0.25) is 5.78 Å². The molecule has 2 atom stereocenters. The molecule has 6 rings (SSSR count). The van der Waals surface area contributed by atoms with Crippen LogP contribution >= 0.6 is 23.5 Å². The van der Waals surface area contributed by atoms with Crippen molar-refractivity contribution in [2.45, 2.75) is 10.5 Å². The predicted octanol–water partition coefficient (Wildman–Crippen LogP) is 9.59. The summed E-state index contributed by atoms with van der Waals surface area (Å²) in [4.78, 5) is 11.3. The van der Waals surface area contributed by atoms with Gasteiger partial charge in [0.25, 0.3) is 0 Å². The number of aromatic hydroxyl groups is 4. The number of phenolic OH excluding ortho intramolecular Hbond substituents is 4. The van der Waals surface area contributed by atoms with E-state index in [0.717, 1.165) is 22.3 Å². The summed E-state index contributed by atoms with van der Waals surface area (Å²) in [5.74, 6) is 1.06. The first-order valence-corrected chi connectivity index (χ1v) is 22.6. The number of aliphatic hydroxyl groups is 3. The molecule has 1 aliphatic rings. The molecule has 1 aliphatic carbocycles. The van der Waals surface area contributed by atoms with Crippen LogP contribution in [0.5, 0.6) is 34.5 Å². The van der Waals surface area contributed by atoms with E-state index in [4.69, 9.17) is 30.5 Å². The first-order chi connectivity index (χ1) is 32.9. The van der Waals surface area contributed by atoms with E-state index in [0.29, 0.717) is 39.9 Å². The minimum absolute atomic E-state index is 0. The molecule has 5 aromatic carbocycles. The number of allylic oxidation sites excluding steroid dienone is 4. The fourth-order valence-corrected chi connectivity index (χ4v) is 7.83. The van der Waals surface area contributed by atoms with Crippen LogP contribution in [0.2, 0.25) is 0 Å². The molecule has 0 bridgehead atoms. The molecule has 0 amide bonds. The normalized spacial score (nSPS) is 13.7. The second-order valence-electron chi connectivity index (χ2n) is 13.7. The van der Waals surface area contributed by atoms with E-state index in [2.05, 4.69) is 0 Å². The topological polar surface area (TPSA) is 203 Å². The zero-order chi connectivity index (χ0) is 49.7. The molecule has 7 N–H and O–H groups in total. The molecule has 350 valence electrons. The molecule has 15 heteroatoms. The number of rotatable bonds is 17. The Labute approximate surface area is 402 Å². The number of ether oxygens (including phenoxy) is 3. The standard InChI is InChI=1S/2C18H20O4S.C16H14O3.BHO/c1-22-17-12-16(21)15(20)11-14(17)7-8-18(23-10-9-19)13-5-3-2-4-6-13;1-22-17-12-16(21)15(20)11-14(17)18(23-10-9-19)8-7-13-5-3-2-4-6-13;1-19-16-11-15(18)14(17)10-13(16)9-5-8-12-6-3-2-4-7-12;1-2/h2*2-8,11-12,18-21H,9-10H2,1H3;2-11,17H,1H3;1H/b2*8-7+;8-5+,13-9-;/i;;;1T. The van der Waals surface area contributed by atoms with Crippen LogP contribution in [-0.4, -0.2) is 96.6 Å². The van der Waals surface area contributed by atoms with Crippen molar-refractivity contribution >= 4 is 55.2 Å². The van der Waals surface area contributed by atoms with E-state index >= 15 is 0 Å². The molecule has 0 spiro atoms. The first-order valence-electron chi connectivity index (χ1n) is 21.1. The van der Waals surface area contributed by atoms with Crippen molar-refractivity contribution in [1.82, 2.24) is 0 Å². The van der Waals surface area contributed by atoms with Gasteiger partial charge in [-0.2, -0.15) is 0 Å². The van der Waals surface area contributed by atoms with Gasteiger partial charge in [0.1, 0.15) is 17.3 Å². The van der Waals surface area contributed by atoms with Gasteiger partial charge in [-0.15, -0.1) is 23.5 Å². The third kappa shape index (κ3) is 18.1. The predicted molar refractivity (Wildman–Crippen MR) is 270 cm³/mol. The Balaban J connectivity index is 0.000000263. The van der Waals surface area contributed by atoms with Crippen molar-refractivity contribution in [3.63, 3.8) is 0 Å². The second kappa shape index (κ2) is 30.3. The molecule has 0 fully saturated rings. The van der Waals surface area contributed by atoms with Crippen molar-refractivity contribution in [3.05, 3.63) is 197 Å². The molecule has 0 heterocycles. The van der Waals surface area contributed by atoms with Gasteiger partial charge in [-0.05, 0) is 34.9 Å². The third-order valence-corrected chi connectivity index (χ3v) is 11.6. The van der Waals surface area contributed by atoms with Gasteiger partial charge in [0.05, 0.1) is 39.8 Å². The van der Waals surface area contributed by atoms with Crippen LogP contribution < -0.4 is 9.47 Å². The van der Waals surface area contributed by atoms with Crippen LogP contribution in [0.15, 0.2) is 169 Å². The zero-order valence-electron chi connectivity index (χ0n) is 38.2. The quantitative estimate of drug-likeness (QED) is 0.0343. The van der Waals surface area contributed by atoms with Crippen LogP contribution in [0.3, 0.4) is 0 Å². The van der Waals surface area contributed by atoms with Crippen LogP contribution in [0.1, 0.15) is 38.3 Å². The Morgan fingerprint density at radius 3 is 1.67 bits per heavy atom. The van der Waals surface area contributed by atoms with Gasteiger partial charge in [-0.1, -0.05) is 134 Å². The van der Waals surface area contributed by atoms with E-state index < -0.39 is 5.78 Å². The average Bonchev–Trinajstić information content (AvgIpc) is 3.36. The number of hydrogen-bond acceptors (Lipinski definition) is 14. The van der Waals surface area contributed by atoms with Gasteiger partial charge >= 0.3 is 13.7 Å². The number of thioether (sulfide) groups is 2. The minimum atomic E-state index is -0.443. The molecule has 0 radical (unpaired) electrons. The van der Waals surface area contributed by atoms with Gasteiger partial charge in [0.15, 0.2) is 28.8 Å². The average molecular weight is 949 g/mol. The number of hydrogen-bond donors (Lipinski definition) is 7. The van der Waals surface area contributed by atoms with E-state index in [1.165, 1.54) is 69.5 Å². The second-order valence-corrected chi connectivity index (χ2v) is 16.2. The molecule has 12 nitrogen and oxygen atoms in total. The summed E-state index contributed by atoms with van der Waals surface area (Å²) in [5, 5.41) is 66.2. The summed E-state index contributed by atoms with van der Waals surface area (Å²) < 4.78 is 29.7. The van der Waals surface area contributed by atoms with Crippen molar-refractivity contribution in [1.29, 1.82) is 1.34 Å². The fourth-order valence-electron chi connectivity index (χ4n) is 6.02. The van der Waals surface area contributed by atoms with Crippen molar-refractivity contribution in [3.8, 4) is 34.5 Å². The van der Waals surface area contributed by atoms with Gasteiger partial charge in [-0.25, -0.2) is 0 Å². The molecule has 67 heavy (non-hydrogen) atoms. The fraction of sp³-hybridized carbons (Fsp3) is 0.173. The van der Waals surface area contributed by atoms with Crippen LogP contribution in [-0.2, 0) is 14.2 Å². The van der Waals surface area contributed by atoms with Crippen LogP contribution in [0, 0.1) is 0 Å². The summed E-state index contributed by atoms with van der Waals surface area (Å²) in [6.07, 6.45) is 16.0. The molecule has 0 aliphatic heterocycles. The van der Waals surface area contributed by atoms with E-state index in [9.17, 15) is 30.3 Å². The maximum atomic E-state index is 11.3. The summed E-state index contributed by atoms with van der Waals surface area (Å²) in [6, 6.07) is 35.4. The molecular formula is C52H55BO12S2.